The number of carbonyl (C=O) groups is 4. The van der Waals surface area contributed by atoms with E-state index in [0.717, 1.165) is 35.6 Å². The molecule has 0 amide bonds. The Hall–Kier alpha value is -3.79. The summed E-state index contributed by atoms with van der Waals surface area (Å²) in [5.74, 6) is -6.07. The molecule has 10 heteroatoms. The molecule has 3 aromatic rings. The van der Waals surface area contributed by atoms with Gasteiger partial charge in [0, 0.05) is 20.2 Å². The summed E-state index contributed by atoms with van der Waals surface area (Å²) in [7, 11) is 0. The largest absolute Gasteiger partial charge is 0.478 e. The van der Waals surface area contributed by atoms with E-state index in [1.165, 1.54) is 0 Å². The highest BCUT2D eigenvalue weighted by Crippen LogP contribution is 2.29. The first-order chi connectivity index (χ1) is 12.6. The Labute approximate surface area is 152 Å². The van der Waals surface area contributed by atoms with Gasteiger partial charge in [0.25, 0.3) is 0 Å². The van der Waals surface area contributed by atoms with Crippen LogP contribution in [0.3, 0.4) is 0 Å². The topological polar surface area (TPSA) is 166 Å². The smallest absolute Gasteiger partial charge is 0.336 e. The van der Waals surface area contributed by atoms with Crippen molar-refractivity contribution in [1.29, 1.82) is 0 Å². The van der Waals surface area contributed by atoms with Crippen molar-refractivity contribution in [2.75, 3.05) is 0 Å². The van der Waals surface area contributed by atoms with Crippen LogP contribution in [0.1, 0.15) is 41.4 Å². The van der Waals surface area contributed by atoms with Gasteiger partial charge in [-0.3, -0.25) is 4.79 Å². The molecule has 0 saturated carbocycles. The Kier molecular flexibility index (Phi) is 4.12. The highest BCUT2D eigenvalue weighted by molar-refractivity contribution is 7.24. The molecule has 1 heterocycles. The number of rotatable bonds is 4. The van der Waals surface area contributed by atoms with Crippen molar-refractivity contribution in [1.82, 2.24) is 0 Å². The van der Waals surface area contributed by atoms with Crippen LogP contribution in [0.25, 0.3) is 20.2 Å². The molecule has 9 nitrogen and oxygen atoms in total. The second-order valence-electron chi connectivity index (χ2n) is 5.44. The van der Waals surface area contributed by atoms with E-state index in [0.29, 0.717) is 0 Å². The van der Waals surface area contributed by atoms with Crippen molar-refractivity contribution in [3.63, 3.8) is 0 Å². The van der Waals surface area contributed by atoms with Gasteiger partial charge in [0.1, 0.15) is 0 Å². The van der Waals surface area contributed by atoms with E-state index >= 15 is 0 Å². The van der Waals surface area contributed by atoms with E-state index in [9.17, 15) is 44.4 Å². The third kappa shape index (κ3) is 2.87. The zero-order valence-corrected chi connectivity index (χ0v) is 13.9. The summed E-state index contributed by atoms with van der Waals surface area (Å²) in [5.41, 5.74) is -2.94. The minimum atomic E-state index is -1.54. The summed E-state index contributed by atoms with van der Waals surface area (Å²) in [4.78, 5) is 57.9. The van der Waals surface area contributed by atoms with Gasteiger partial charge < -0.3 is 20.4 Å². The zero-order chi connectivity index (χ0) is 20.0. The molecule has 136 valence electrons. The van der Waals surface area contributed by atoms with Gasteiger partial charge in [-0.05, 0) is 24.3 Å². The van der Waals surface area contributed by atoms with Gasteiger partial charge >= 0.3 is 23.9 Å². The first kappa shape index (κ1) is 18.0. The number of fused-ring (bicyclic) bond motifs is 2. The number of benzene rings is 2. The second kappa shape index (κ2) is 6.18. The lowest BCUT2D eigenvalue weighted by molar-refractivity contribution is 0.0652. The molecule has 2 aromatic carbocycles. The summed E-state index contributed by atoms with van der Waals surface area (Å²) < 4.78 is 0.267. The third-order valence-corrected chi connectivity index (χ3v) is 4.99. The predicted octanol–water partition coefficient (Wildman–Crippen LogP) is 2.21. The zero-order valence-electron chi connectivity index (χ0n) is 13.0. The molecule has 0 unspecified atom stereocenters. The fourth-order valence-corrected chi connectivity index (χ4v) is 3.77. The van der Waals surface area contributed by atoms with E-state index in [1.807, 2.05) is 0 Å². The number of carboxylic acid groups (broad SMARTS) is 4. The Morgan fingerprint density at radius 1 is 0.593 bits per heavy atom. The van der Waals surface area contributed by atoms with Crippen molar-refractivity contribution < 1.29 is 39.6 Å². The first-order valence-electron chi connectivity index (χ1n) is 7.13. The van der Waals surface area contributed by atoms with Crippen LogP contribution < -0.4 is 5.43 Å². The van der Waals surface area contributed by atoms with Gasteiger partial charge in [-0.2, -0.15) is 0 Å². The Balaban J connectivity index is 2.51. The fourth-order valence-electron chi connectivity index (χ4n) is 2.65. The molecule has 0 bridgehead atoms. The van der Waals surface area contributed by atoms with Crippen molar-refractivity contribution in [2.24, 2.45) is 0 Å². The summed E-state index contributed by atoms with van der Waals surface area (Å²) in [6, 6.07) is 3.90. The molecule has 0 saturated heterocycles. The molecular weight excluding hydrogens is 380 g/mol. The van der Waals surface area contributed by atoms with E-state index in [4.69, 9.17) is 0 Å². The number of hydrogen-bond donors (Lipinski definition) is 4. The predicted molar refractivity (Wildman–Crippen MR) is 93.4 cm³/mol. The second-order valence-corrected chi connectivity index (χ2v) is 6.52. The van der Waals surface area contributed by atoms with E-state index in [2.05, 4.69) is 0 Å². The van der Waals surface area contributed by atoms with Crippen LogP contribution in [-0.4, -0.2) is 44.3 Å². The fraction of sp³-hybridized carbons (Fsp3) is 0. The van der Waals surface area contributed by atoms with Crippen molar-refractivity contribution in [3.8, 4) is 0 Å². The SMILES string of the molecule is O=C(O)c1cc2sc3cc(C(=O)O)c(C(=O)O)cc3c(=O)c2cc1C(=O)O. The van der Waals surface area contributed by atoms with Crippen LogP contribution >= 0.6 is 11.3 Å². The van der Waals surface area contributed by atoms with Gasteiger partial charge in [-0.1, -0.05) is 0 Å². The molecular formula is C17H8O9S. The molecule has 0 spiro atoms. The Morgan fingerprint density at radius 2 is 0.889 bits per heavy atom. The first-order valence-corrected chi connectivity index (χ1v) is 7.95. The lowest BCUT2D eigenvalue weighted by Crippen LogP contribution is -2.12. The maximum Gasteiger partial charge on any atom is 0.336 e. The third-order valence-electron chi connectivity index (χ3n) is 3.87. The monoisotopic (exact) mass is 388 g/mol. The highest BCUT2D eigenvalue weighted by atomic mass is 32.1. The molecule has 27 heavy (non-hydrogen) atoms. The molecule has 4 N–H and O–H groups in total. The van der Waals surface area contributed by atoms with Gasteiger partial charge in [0.2, 0.25) is 0 Å². The van der Waals surface area contributed by atoms with E-state index in [-0.39, 0.29) is 20.2 Å². The minimum Gasteiger partial charge on any atom is -0.478 e. The standard InChI is InChI=1S/C17H8O9S/c18-13-9-1-5(14(19)20)7(16(23)24)3-11(9)27-12-4-8(17(25)26)6(15(21)22)2-10(12)13/h1-4H,(H,19,20)(H,21,22)(H,23,24)(H,25,26). The van der Waals surface area contributed by atoms with Crippen LogP contribution in [-0.2, 0) is 0 Å². The quantitative estimate of drug-likeness (QED) is 0.490. The molecule has 0 atom stereocenters. The average Bonchev–Trinajstić information content (AvgIpc) is 2.59. The number of hydrogen-bond acceptors (Lipinski definition) is 6. The molecule has 0 aliphatic carbocycles. The van der Waals surface area contributed by atoms with E-state index in [1.54, 1.807) is 0 Å². The molecule has 3 rings (SSSR count). The van der Waals surface area contributed by atoms with Crippen LogP contribution in [0.5, 0.6) is 0 Å². The van der Waals surface area contributed by atoms with Crippen molar-refractivity contribution in [3.05, 3.63) is 56.7 Å². The van der Waals surface area contributed by atoms with Gasteiger partial charge in [0.05, 0.1) is 22.3 Å². The summed E-state index contributed by atoms with van der Waals surface area (Å²) in [6.45, 7) is 0. The molecule has 0 aliphatic heterocycles. The van der Waals surface area contributed by atoms with Crippen molar-refractivity contribution >= 4 is 55.4 Å². The minimum absolute atomic E-state index is 0.102. The lowest BCUT2D eigenvalue weighted by atomic mass is 10.0. The van der Waals surface area contributed by atoms with E-state index < -0.39 is 51.6 Å². The van der Waals surface area contributed by atoms with Crippen LogP contribution in [0.15, 0.2) is 29.1 Å². The van der Waals surface area contributed by atoms with Gasteiger partial charge in [-0.25, -0.2) is 19.2 Å². The van der Waals surface area contributed by atoms with Crippen molar-refractivity contribution in [2.45, 2.75) is 0 Å². The average molecular weight is 388 g/mol. The molecule has 0 aliphatic rings. The normalized spacial score (nSPS) is 10.8. The Bertz CT molecular complexity index is 1160. The highest BCUT2D eigenvalue weighted by Gasteiger charge is 2.22. The van der Waals surface area contributed by atoms with Crippen LogP contribution in [0, 0.1) is 0 Å². The van der Waals surface area contributed by atoms with Crippen LogP contribution in [0.2, 0.25) is 0 Å². The Morgan fingerprint density at radius 3 is 1.19 bits per heavy atom. The molecule has 0 radical (unpaired) electrons. The summed E-state index contributed by atoms with van der Waals surface area (Å²) in [5, 5.41) is 36.6. The summed E-state index contributed by atoms with van der Waals surface area (Å²) in [6.07, 6.45) is 0. The lowest BCUT2D eigenvalue weighted by Gasteiger charge is -2.08. The van der Waals surface area contributed by atoms with Gasteiger partial charge in [0.15, 0.2) is 5.43 Å². The molecule has 0 fully saturated rings. The van der Waals surface area contributed by atoms with Gasteiger partial charge in [-0.15, -0.1) is 11.3 Å². The maximum absolute atomic E-state index is 12.7. The van der Waals surface area contributed by atoms with Crippen LogP contribution in [0.4, 0.5) is 0 Å². The molecule has 1 aromatic heterocycles. The summed E-state index contributed by atoms with van der Waals surface area (Å²) >= 11 is 0.857. The number of carboxylic acids is 4. The maximum atomic E-state index is 12.7. The number of aromatic carboxylic acids is 4.